The molecule has 45 heavy (non-hydrogen) atoms. The van der Waals surface area contributed by atoms with Crippen molar-refractivity contribution in [2.45, 2.75) is 46.4 Å². The first-order chi connectivity index (χ1) is 21.6. The molecule has 0 amide bonds. The smallest absolute Gasteiger partial charge is 0.338 e. The van der Waals surface area contributed by atoms with Crippen LogP contribution in [0.1, 0.15) is 50.4 Å². The highest BCUT2D eigenvalue weighted by atomic mass is 79.9. The molecule has 4 aromatic rings. The van der Waals surface area contributed by atoms with Crippen LogP contribution in [0, 0.1) is 10.1 Å². The number of benzene rings is 3. The lowest BCUT2D eigenvalue weighted by molar-refractivity contribution is -0.384. The van der Waals surface area contributed by atoms with E-state index in [0.29, 0.717) is 36.6 Å². The van der Waals surface area contributed by atoms with Gasteiger partial charge in [0.15, 0.2) is 4.80 Å². The minimum Gasteiger partial charge on any atom is -0.491 e. The molecular weight excluding hydrogens is 662 g/mol. The van der Waals surface area contributed by atoms with Gasteiger partial charge in [-0.25, -0.2) is 9.79 Å². The number of carbonyl (C=O) groups excluding carboxylic acids is 1. The van der Waals surface area contributed by atoms with Gasteiger partial charge in [-0.3, -0.25) is 19.5 Å². The number of esters is 1. The number of thiazole rings is 1. The van der Waals surface area contributed by atoms with E-state index in [4.69, 9.17) is 14.2 Å². The molecular formula is C33H30BrN3O7S. The summed E-state index contributed by atoms with van der Waals surface area (Å²) in [5.41, 5.74) is 2.67. The van der Waals surface area contributed by atoms with E-state index in [2.05, 4.69) is 20.9 Å². The maximum atomic E-state index is 14.0. The zero-order valence-electron chi connectivity index (χ0n) is 25.0. The number of non-ortho nitro benzene ring substituents is 1. The summed E-state index contributed by atoms with van der Waals surface area (Å²) >= 11 is 4.78. The van der Waals surface area contributed by atoms with Crippen LogP contribution in [-0.4, -0.2) is 28.2 Å². The van der Waals surface area contributed by atoms with Gasteiger partial charge >= 0.3 is 5.97 Å². The molecule has 0 spiro atoms. The van der Waals surface area contributed by atoms with Crippen LogP contribution < -0.4 is 24.4 Å². The second kappa shape index (κ2) is 13.6. The standard InChI is InChI=1S/C33H30BrN3O7S/c1-5-42-32(39)29-20(4)35-33-36(30(29)24-8-6-7-9-26(24)44-19(2)3)31(38)28(45-33)17-22-12-15-27(25(34)16-22)43-18-21-10-13-23(14-11-21)37(40)41/h6-17,19,30H,5,18H2,1-4H3/b28-17+/t30-/m0/s1. The van der Waals surface area contributed by atoms with Gasteiger partial charge in [-0.1, -0.05) is 35.6 Å². The van der Waals surface area contributed by atoms with Crippen LogP contribution in [0.5, 0.6) is 11.5 Å². The van der Waals surface area contributed by atoms with Gasteiger partial charge in [0.2, 0.25) is 0 Å². The molecule has 12 heteroatoms. The number of allylic oxidation sites excluding steroid dienone is 1. The van der Waals surface area contributed by atoms with Gasteiger partial charge in [-0.05, 0) is 91.2 Å². The average Bonchev–Trinajstić information content (AvgIpc) is 3.30. The zero-order valence-corrected chi connectivity index (χ0v) is 27.4. The molecule has 1 atom stereocenters. The first kappa shape index (κ1) is 31.9. The van der Waals surface area contributed by atoms with Gasteiger partial charge in [0, 0.05) is 17.7 Å². The highest BCUT2D eigenvalue weighted by molar-refractivity contribution is 9.10. The number of ether oxygens (including phenoxy) is 3. The Balaban J connectivity index is 1.51. The van der Waals surface area contributed by atoms with E-state index in [1.807, 2.05) is 50.2 Å². The zero-order chi connectivity index (χ0) is 32.2. The molecule has 2 heterocycles. The largest absolute Gasteiger partial charge is 0.491 e. The van der Waals surface area contributed by atoms with Crippen molar-refractivity contribution in [3.05, 3.63) is 129 Å². The van der Waals surface area contributed by atoms with E-state index in [1.165, 1.54) is 28.0 Å². The quantitative estimate of drug-likeness (QED) is 0.116. The van der Waals surface area contributed by atoms with Crippen molar-refractivity contribution < 1.29 is 23.9 Å². The number of para-hydroxylation sites is 1. The van der Waals surface area contributed by atoms with Gasteiger partial charge in [-0.2, -0.15) is 0 Å². The minimum absolute atomic E-state index is 0.0151. The van der Waals surface area contributed by atoms with Gasteiger partial charge in [-0.15, -0.1) is 0 Å². The molecule has 0 bridgehead atoms. The normalized spacial score (nSPS) is 14.6. The lowest BCUT2D eigenvalue weighted by Gasteiger charge is -2.26. The van der Waals surface area contributed by atoms with Gasteiger partial charge in [0.25, 0.3) is 11.2 Å². The Morgan fingerprint density at radius 2 is 1.87 bits per heavy atom. The lowest BCUT2D eigenvalue weighted by atomic mass is 9.95. The summed E-state index contributed by atoms with van der Waals surface area (Å²) in [6, 6.07) is 18.2. The monoisotopic (exact) mass is 691 g/mol. The van der Waals surface area contributed by atoms with Crippen LogP contribution in [0.4, 0.5) is 5.69 Å². The topological polar surface area (TPSA) is 122 Å². The summed E-state index contributed by atoms with van der Waals surface area (Å²) < 4.78 is 20.1. The van der Waals surface area contributed by atoms with E-state index < -0.39 is 16.9 Å². The van der Waals surface area contributed by atoms with Crippen LogP contribution in [0.15, 0.2) is 92.3 Å². The van der Waals surface area contributed by atoms with Crippen molar-refractivity contribution in [2.75, 3.05) is 6.61 Å². The first-order valence-electron chi connectivity index (χ1n) is 14.2. The second-order valence-electron chi connectivity index (χ2n) is 10.4. The highest BCUT2D eigenvalue weighted by Gasteiger charge is 2.35. The third-order valence-corrected chi connectivity index (χ3v) is 8.49. The van der Waals surface area contributed by atoms with E-state index in [1.54, 1.807) is 38.1 Å². The van der Waals surface area contributed by atoms with Crippen LogP contribution in [-0.2, 0) is 16.1 Å². The van der Waals surface area contributed by atoms with Crippen molar-refractivity contribution in [2.24, 2.45) is 4.99 Å². The Hall–Kier alpha value is -4.55. The molecule has 0 unspecified atom stereocenters. The number of hydrogen-bond donors (Lipinski definition) is 0. The Kier molecular flexibility index (Phi) is 9.64. The first-order valence-corrected chi connectivity index (χ1v) is 15.8. The van der Waals surface area contributed by atoms with Crippen molar-refractivity contribution in [3.8, 4) is 11.5 Å². The molecule has 232 valence electrons. The average molecular weight is 693 g/mol. The molecule has 0 aliphatic carbocycles. The molecule has 0 saturated carbocycles. The molecule has 1 aromatic heterocycles. The van der Waals surface area contributed by atoms with E-state index in [-0.39, 0.29) is 36.1 Å². The minimum atomic E-state index is -0.792. The van der Waals surface area contributed by atoms with Crippen LogP contribution in [0.3, 0.4) is 0 Å². The summed E-state index contributed by atoms with van der Waals surface area (Å²) in [5.74, 6) is 0.603. The maximum Gasteiger partial charge on any atom is 0.338 e. The second-order valence-corrected chi connectivity index (χ2v) is 12.3. The van der Waals surface area contributed by atoms with Crippen molar-refractivity contribution in [1.82, 2.24) is 4.57 Å². The maximum absolute atomic E-state index is 14.0. The molecule has 0 radical (unpaired) electrons. The predicted molar refractivity (Wildman–Crippen MR) is 174 cm³/mol. The summed E-state index contributed by atoms with van der Waals surface area (Å²) in [6.45, 7) is 7.71. The van der Waals surface area contributed by atoms with Crippen molar-refractivity contribution in [1.29, 1.82) is 0 Å². The number of halogens is 1. The van der Waals surface area contributed by atoms with Crippen molar-refractivity contribution >= 4 is 45.0 Å². The van der Waals surface area contributed by atoms with Crippen molar-refractivity contribution in [3.63, 3.8) is 0 Å². The Morgan fingerprint density at radius 1 is 1.13 bits per heavy atom. The van der Waals surface area contributed by atoms with Gasteiger partial charge < -0.3 is 14.2 Å². The van der Waals surface area contributed by atoms with Crippen LogP contribution in [0.25, 0.3) is 6.08 Å². The number of carbonyl (C=O) groups is 1. The number of fused-ring (bicyclic) bond motifs is 1. The number of nitro benzene ring substituents is 1. The molecule has 10 nitrogen and oxygen atoms in total. The summed E-state index contributed by atoms with van der Waals surface area (Å²) in [4.78, 5) is 42.9. The predicted octanol–water partition coefficient (Wildman–Crippen LogP) is 5.84. The van der Waals surface area contributed by atoms with Gasteiger partial charge in [0.1, 0.15) is 24.1 Å². The third kappa shape index (κ3) is 6.91. The van der Waals surface area contributed by atoms with Crippen LogP contribution >= 0.6 is 27.3 Å². The summed E-state index contributed by atoms with van der Waals surface area (Å²) in [5, 5.41) is 10.9. The summed E-state index contributed by atoms with van der Waals surface area (Å²) in [7, 11) is 0. The fourth-order valence-corrected chi connectivity index (χ4v) is 6.46. The van der Waals surface area contributed by atoms with E-state index >= 15 is 0 Å². The number of hydrogen-bond acceptors (Lipinski definition) is 9. The van der Waals surface area contributed by atoms with E-state index in [9.17, 15) is 19.7 Å². The molecule has 1 aliphatic heterocycles. The number of nitro groups is 1. The van der Waals surface area contributed by atoms with E-state index in [0.717, 1.165) is 11.1 Å². The Bertz CT molecular complexity index is 1980. The number of nitrogens with zero attached hydrogens (tertiary/aromatic N) is 3. The van der Waals surface area contributed by atoms with Gasteiger partial charge in [0.05, 0.1) is 37.9 Å². The Morgan fingerprint density at radius 3 is 2.53 bits per heavy atom. The SMILES string of the molecule is CCOC(=O)C1=C(C)N=c2s/c(=C/c3ccc(OCc4ccc([N+](=O)[O-])cc4)c(Br)c3)c(=O)n2[C@H]1c1ccccc1OC(C)C. The fourth-order valence-electron chi connectivity index (χ4n) is 4.90. The summed E-state index contributed by atoms with van der Waals surface area (Å²) in [6.07, 6.45) is 1.64. The third-order valence-electron chi connectivity index (χ3n) is 6.89. The Labute approximate surface area is 271 Å². The molecule has 0 fully saturated rings. The fraction of sp³-hybridized carbons (Fsp3) is 0.242. The molecule has 0 N–H and O–H groups in total. The number of aromatic nitrogens is 1. The molecule has 3 aromatic carbocycles. The molecule has 0 saturated heterocycles. The highest BCUT2D eigenvalue weighted by Crippen LogP contribution is 2.36. The molecule has 5 rings (SSSR count). The number of rotatable bonds is 10. The lowest BCUT2D eigenvalue weighted by Crippen LogP contribution is -2.40. The van der Waals surface area contributed by atoms with Crippen LogP contribution in [0.2, 0.25) is 0 Å². The molecule has 1 aliphatic rings.